The van der Waals surface area contributed by atoms with Gasteiger partial charge in [-0.1, -0.05) is 82.1 Å². The number of rotatable bonds is 12. The van der Waals surface area contributed by atoms with Crippen LogP contribution < -0.4 is 0 Å². The van der Waals surface area contributed by atoms with Gasteiger partial charge < -0.3 is 0 Å². The van der Waals surface area contributed by atoms with E-state index >= 15 is 0 Å². The molecule has 140 valence electrons. The van der Waals surface area contributed by atoms with Gasteiger partial charge in [-0.25, -0.2) is 0 Å². The Labute approximate surface area is 172 Å². The molecule has 0 fully saturated rings. The van der Waals surface area contributed by atoms with Crippen molar-refractivity contribution in [2.45, 2.75) is 68.4 Å². The third-order valence-electron chi connectivity index (χ3n) is 4.19. The first-order valence-corrected chi connectivity index (χ1v) is 12.5. The molecule has 0 aliphatic rings. The van der Waals surface area contributed by atoms with Gasteiger partial charge in [-0.2, -0.15) is 0 Å². The monoisotopic (exact) mass is 402 g/mol. The topological polar surface area (TPSA) is 0 Å². The number of thiophene rings is 1. The summed E-state index contributed by atoms with van der Waals surface area (Å²) in [6, 6.07) is 14.8. The minimum absolute atomic E-state index is 0.316. The van der Waals surface area contributed by atoms with Crippen LogP contribution in [-0.4, -0.2) is 5.75 Å². The summed E-state index contributed by atoms with van der Waals surface area (Å²) >= 11 is 5.47. The first kappa shape index (κ1) is 21.5. The van der Waals surface area contributed by atoms with E-state index in [0.29, 0.717) is 5.25 Å². The Morgan fingerprint density at radius 3 is 2.31 bits per heavy atom. The molecular weight excluding hydrogens is 372 g/mol. The first-order chi connectivity index (χ1) is 12.9. The minimum Gasteiger partial charge on any atom is -0.147 e. The second-order valence-electron chi connectivity index (χ2n) is 6.40. The molecular formula is C23H30S3. The van der Waals surface area contributed by atoms with E-state index in [2.05, 4.69) is 59.9 Å². The van der Waals surface area contributed by atoms with Gasteiger partial charge in [0.15, 0.2) is 0 Å². The van der Waals surface area contributed by atoms with Crippen LogP contribution in [0.5, 0.6) is 0 Å². The third-order valence-corrected chi connectivity index (χ3v) is 7.23. The van der Waals surface area contributed by atoms with Crippen molar-refractivity contribution in [1.29, 1.82) is 0 Å². The lowest BCUT2D eigenvalue weighted by Gasteiger charge is -2.08. The average Bonchev–Trinajstić information content (AvgIpc) is 3.21. The van der Waals surface area contributed by atoms with Crippen LogP contribution in [0, 0.1) is 11.2 Å². The van der Waals surface area contributed by atoms with E-state index in [1.165, 1.54) is 66.9 Å². The van der Waals surface area contributed by atoms with Gasteiger partial charge in [0.25, 0.3) is 0 Å². The molecule has 26 heavy (non-hydrogen) atoms. The Hall–Kier alpha value is -0.820. The molecule has 1 heterocycles. The van der Waals surface area contributed by atoms with Gasteiger partial charge in [-0.05, 0) is 52.8 Å². The highest BCUT2D eigenvalue weighted by Gasteiger charge is 2.09. The van der Waals surface area contributed by atoms with E-state index in [9.17, 15) is 0 Å². The standard InChI is InChI=1S/C23H30S3/c1-2-3-4-5-6-7-8-12-18-25-23(22-16-13-19-26-22)17-20-24-21-14-10-9-11-15-21/h9-11,13-16,19,23H,2-8,12,18H2,1H3. The molecule has 3 heteroatoms. The Bertz CT molecular complexity index is 622. The van der Waals surface area contributed by atoms with Crippen molar-refractivity contribution < 1.29 is 0 Å². The second kappa shape index (κ2) is 14.3. The smallest absolute Gasteiger partial charge is 0.101 e. The van der Waals surface area contributed by atoms with Crippen molar-refractivity contribution in [3.8, 4) is 11.2 Å². The summed E-state index contributed by atoms with van der Waals surface area (Å²) in [4.78, 5) is 2.61. The van der Waals surface area contributed by atoms with Gasteiger partial charge in [-0.15, -0.1) is 23.1 Å². The van der Waals surface area contributed by atoms with Crippen molar-refractivity contribution in [2.75, 3.05) is 5.75 Å². The van der Waals surface area contributed by atoms with Crippen LogP contribution in [0.1, 0.15) is 68.4 Å². The molecule has 0 amide bonds. The van der Waals surface area contributed by atoms with Crippen LogP contribution in [0.2, 0.25) is 0 Å². The van der Waals surface area contributed by atoms with E-state index < -0.39 is 0 Å². The number of hydrogen-bond acceptors (Lipinski definition) is 3. The molecule has 1 unspecified atom stereocenters. The fraction of sp³-hybridized carbons (Fsp3) is 0.478. The van der Waals surface area contributed by atoms with Crippen LogP contribution >= 0.6 is 34.9 Å². The van der Waals surface area contributed by atoms with E-state index in [-0.39, 0.29) is 0 Å². The molecule has 2 rings (SSSR count). The molecule has 0 aliphatic carbocycles. The fourth-order valence-corrected chi connectivity index (χ4v) is 5.38. The molecule has 0 nitrogen and oxygen atoms in total. The Morgan fingerprint density at radius 2 is 1.62 bits per heavy atom. The molecule has 2 aromatic rings. The summed E-state index contributed by atoms with van der Waals surface area (Å²) in [6.07, 6.45) is 11.1. The third kappa shape index (κ3) is 9.21. The maximum Gasteiger partial charge on any atom is 0.101 e. The lowest BCUT2D eigenvalue weighted by Crippen LogP contribution is -1.90. The van der Waals surface area contributed by atoms with Crippen molar-refractivity contribution in [3.05, 3.63) is 52.7 Å². The summed E-state index contributed by atoms with van der Waals surface area (Å²) in [5.41, 5.74) is 0. The molecule has 0 spiro atoms. The van der Waals surface area contributed by atoms with Crippen molar-refractivity contribution >= 4 is 34.9 Å². The summed E-state index contributed by atoms with van der Waals surface area (Å²) in [6.45, 7) is 2.28. The quantitative estimate of drug-likeness (QED) is 0.198. The van der Waals surface area contributed by atoms with Gasteiger partial charge in [0.05, 0.1) is 0 Å². The molecule has 1 aromatic heterocycles. The van der Waals surface area contributed by atoms with Crippen LogP contribution in [0.25, 0.3) is 0 Å². The van der Waals surface area contributed by atoms with Gasteiger partial charge in [-0.3, -0.25) is 0 Å². The van der Waals surface area contributed by atoms with E-state index in [4.69, 9.17) is 0 Å². The summed E-state index contributed by atoms with van der Waals surface area (Å²) in [5, 5.41) is 5.80. The zero-order valence-electron chi connectivity index (χ0n) is 15.8. The zero-order valence-corrected chi connectivity index (χ0v) is 18.2. The van der Waals surface area contributed by atoms with Gasteiger partial charge >= 0.3 is 0 Å². The van der Waals surface area contributed by atoms with Gasteiger partial charge in [0.1, 0.15) is 5.25 Å². The summed E-state index contributed by atoms with van der Waals surface area (Å²) in [7, 11) is 0. The first-order valence-electron chi connectivity index (χ1n) is 9.77. The number of hydrogen-bond donors (Lipinski definition) is 0. The number of thioether (sulfide) groups is 2. The summed E-state index contributed by atoms with van der Waals surface area (Å²) < 4.78 is 0. The molecule has 0 saturated carbocycles. The Kier molecular flexibility index (Phi) is 11.8. The van der Waals surface area contributed by atoms with Crippen LogP contribution in [0.3, 0.4) is 0 Å². The predicted octanol–water partition coefficient (Wildman–Crippen LogP) is 8.42. The fourth-order valence-electron chi connectivity index (χ4n) is 2.70. The highest BCUT2D eigenvalue weighted by atomic mass is 32.2. The van der Waals surface area contributed by atoms with Crippen LogP contribution in [0.4, 0.5) is 0 Å². The maximum atomic E-state index is 3.48. The van der Waals surface area contributed by atoms with Crippen molar-refractivity contribution in [2.24, 2.45) is 0 Å². The zero-order chi connectivity index (χ0) is 18.3. The van der Waals surface area contributed by atoms with E-state index in [0.717, 1.165) is 0 Å². The second-order valence-corrected chi connectivity index (χ2v) is 9.47. The molecule has 1 atom stereocenters. The number of unbranched alkanes of at least 4 members (excludes halogenated alkanes) is 7. The SMILES string of the molecule is CCCCCCCCCCSC(C#CSc1ccccc1)c1cccs1. The van der Waals surface area contributed by atoms with E-state index in [1.807, 2.05) is 29.2 Å². The van der Waals surface area contributed by atoms with Crippen molar-refractivity contribution in [1.82, 2.24) is 0 Å². The van der Waals surface area contributed by atoms with Crippen LogP contribution in [-0.2, 0) is 0 Å². The lowest BCUT2D eigenvalue weighted by molar-refractivity contribution is 0.586. The van der Waals surface area contributed by atoms with Crippen LogP contribution in [0.15, 0.2) is 52.7 Å². The lowest BCUT2D eigenvalue weighted by atomic mass is 10.1. The largest absolute Gasteiger partial charge is 0.147 e. The molecule has 0 N–H and O–H groups in total. The minimum atomic E-state index is 0.316. The Morgan fingerprint density at radius 1 is 0.885 bits per heavy atom. The molecule has 0 saturated heterocycles. The molecule has 0 aliphatic heterocycles. The molecule has 0 bridgehead atoms. The van der Waals surface area contributed by atoms with E-state index in [1.54, 1.807) is 11.8 Å². The number of benzene rings is 1. The Balaban J connectivity index is 1.69. The maximum absolute atomic E-state index is 3.48. The van der Waals surface area contributed by atoms with Crippen molar-refractivity contribution in [3.63, 3.8) is 0 Å². The van der Waals surface area contributed by atoms with Gasteiger partial charge in [0, 0.05) is 9.77 Å². The molecule has 0 radical (unpaired) electrons. The highest BCUT2D eigenvalue weighted by Crippen LogP contribution is 2.32. The highest BCUT2D eigenvalue weighted by molar-refractivity contribution is 8.04. The predicted molar refractivity (Wildman–Crippen MR) is 122 cm³/mol. The summed E-state index contributed by atoms with van der Waals surface area (Å²) in [5.74, 6) is 4.69. The van der Waals surface area contributed by atoms with Gasteiger partial charge in [0.2, 0.25) is 0 Å². The normalized spacial score (nSPS) is 11.7. The average molecular weight is 403 g/mol. The molecule has 1 aromatic carbocycles.